The van der Waals surface area contributed by atoms with Crippen LogP contribution < -0.4 is 10.9 Å². The quantitative estimate of drug-likeness (QED) is 0.823. The highest BCUT2D eigenvalue weighted by Crippen LogP contribution is 2.34. The van der Waals surface area contributed by atoms with Gasteiger partial charge < -0.3 is 10.2 Å². The van der Waals surface area contributed by atoms with E-state index in [-0.39, 0.29) is 17.5 Å². The van der Waals surface area contributed by atoms with E-state index in [0.29, 0.717) is 25.0 Å². The Hall–Kier alpha value is -1.69. The number of fused-ring (bicyclic) bond motifs is 2. The van der Waals surface area contributed by atoms with Crippen molar-refractivity contribution in [2.75, 3.05) is 6.54 Å². The van der Waals surface area contributed by atoms with Gasteiger partial charge in [-0.1, -0.05) is 12.8 Å². The highest BCUT2D eigenvalue weighted by Gasteiger charge is 2.40. The number of carbonyl (C=O) groups excluding carboxylic acids is 1. The minimum atomic E-state index is -0.108. The topological polar surface area (TPSA) is 67.2 Å². The lowest BCUT2D eigenvalue weighted by Crippen LogP contribution is -2.47. The molecule has 23 heavy (non-hydrogen) atoms. The molecule has 1 saturated heterocycles. The molecular formula is C17H24N4O2. The Morgan fingerprint density at radius 1 is 1.35 bits per heavy atom. The molecule has 2 aliphatic heterocycles. The van der Waals surface area contributed by atoms with Crippen molar-refractivity contribution in [1.82, 2.24) is 20.0 Å². The standard InChI is InChI=1S/C17H24N4O2/c1-20-16(22)9-12-10-21(7-6-14(12)19-20)17(23)15-8-11-4-2-3-5-13(11)18-15/h9,11,13,15,18H,2-8,10H2,1H3/t11-,13+,15+/m1/s1. The Balaban J connectivity index is 1.48. The number of hydrogen-bond donors (Lipinski definition) is 1. The van der Waals surface area contributed by atoms with Crippen molar-refractivity contribution >= 4 is 5.91 Å². The van der Waals surface area contributed by atoms with Gasteiger partial charge in [-0.15, -0.1) is 0 Å². The maximum absolute atomic E-state index is 12.9. The van der Waals surface area contributed by atoms with Crippen LogP contribution in [0.5, 0.6) is 0 Å². The second-order valence-corrected chi connectivity index (χ2v) is 7.19. The van der Waals surface area contributed by atoms with Crippen LogP contribution in [0, 0.1) is 5.92 Å². The molecule has 0 unspecified atom stereocenters. The van der Waals surface area contributed by atoms with Gasteiger partial charge in [0.15, 0.2) is 0 Å². The zero-order valence-corrected chi connectivity index (χ0v) is 13.6. The predicted molar refractivity (Wildman–Crippen MR) is 85.9 cm³/mol. The summed E-state index contributed by atoms with van der Waals surface area (Å²) >= 11 is 0. The summed E-state index contributed by atoms with van der Waals surface area (Å²) in [4.78, 5) is 26.5. The molecule has 1 aromatic rings. The molecule has 3 atom stereocenters. The lowest BCUT2D eigenvalue weighted by molar-refractivity contribution is -0.134. The number of amides is 1. The first kappa shape index (κ1) is 14.9. The van der Waals surface area contributed by atoms with Crippen molar-refractivity contribution in [3.63, 3.8) is 0 Å². The van der Waals surface area contributed by atoms with E-state index in [4.69, 9.17) is 0 Å². The average Bonchev–Trinajstić information content (AvgIpc) is 2.99. The van der Waals surface area contributed by atoms with Crippen LogP contribution in [0.4, 0.5) is 0 Å². The molecule has 1 N–H and O–H groups in total. The van der Waals surface area contributed by atoms with Crippen LogP contribution in [0.1, 0.15) is 43.4 Å². The van der Waals surface area contributed by atoms with E-state index in [2.05, 4.69) is 10.4 Å². The van der Waals surface area contributed by atoms with Crippen LogP contribution in [0.3, 0.4) is 0 Å². The fourth-order valence-corrected chi connectivity index (χ4v) is 4.41. The second kappa shape index (κ2) is 5.74. The maximum atomic E-state index is 12.9. The van der Waals surface area contributed by atoms with Crippen LogP contribution in [0.25, 0.3) is 0 Å². The number of rotatable bonds is 1. The number of nitrogens with one attached hydrogen (secondary N) is 1. The molecule has 1 aromatic heterocycles. The normalized spacial score (nSPS) is 30.0. The fourth-order valence-electron chi connectivity index (χ4n) is 4.41. The van der Waals surface area contributed by atoms with Gasteiger partial charge in [0.1, 0.15) is 0 Å². The maximum Gasteiger partial charge on any atom is 0.266 e. The van der Waals surface area contributed by atoms with Crippen molar-refractivity contribution in [3.8, 4) is 0 Å². The first-order chi connectivity index (χ1) is 11.1. The molecule has 0 radical (unpaired) electrons. The summed E-state index contributed by atoms with van der Waals surface area (Å²) < 4.78 is 1.37. The van der Waals surface area contributed by atoms with Gasteiger partial charge >= 0.3 is 0 Å². The molecule has 0 bridgehead atoms. The largest absolute Gasteiger partial charge is 0.337 e. The zero-order chi connectivity index (χ0) is 16.0. The van der Waals surface area contributed by atoms with Gasteiger partial charge in [0.2, 0.25) is 5.91 Å². The Kier molecular flexibility index (Phi) is 3.71. The van der Waals surface area contributed by atoms with Crippen molar-refractivity contribution in [2.24, 2.45) is 13.0 Å². The molecule has 2 fully saturated rings. The van der Waals surface area contributed by atoms with Gasteiger partial charge in [0.25, 0.3) is 5.56 Å². The van der Waals surface area contributed by atoms with E-state index in [0.717, 1.165) is 24.1 Å². The summed E-state index contributed by atoms with van der Waals surface area (Å²) in [6.45, 7) is 1.22. The van der Waals surface area contributed by atoms with Gasteiger partial charge in [0.05, 0.1) is 11.7 Å². The number of nitrogens with zero attached hydrogens (tertiary/aromatic N) is 3. The Morgan fingerprint density at radius 2 is 2.17 bits per heavy atom. The predicted octanol–water partition coefficient (Wildman–Crippen LogP) is 0.586. The molecule has 0 aromatic carbocycles. The monoisotopic (exact) mass is 316 g/mol. The molecule has 1 aliphatic carbocycles. The molecule has 124 valence electrons. The summed E-state index contributed by atoms with van der Waals surface area (Å²) in [5.74, 6) is 0.870. The lowest BCUT2D eigenvalue weighted by atomic mass is 9.85. The Labute approximate surface area is 135 Å². The van der Waals surface area contributed by atoms with Crippen LogP contribution in [0.2, 0.25) is 0 Å². The van der Waals surface area contributed by atoms with Crippen LogP contribution in [-0.2, 0) is 24.8 Å². The number of aryl methyl sites for hydroxylation is 1. The molecule has 4 rings (SSSR count). The summed E-state index contributed by atoms with van der Waals surface area (Å²) in [7, 11) is 1.67. The first-order valence-corrected chi connectivity index (χ1v) is 8.73. The zero-order valence-electron chi connectivity index (χ0n) is 13.6. The van der Waals surface area contributed by atoms with Crippen LogP contribution >= 0.6 is 0 Å². The van der Waals surface area contributed by atoms with E-state index < -0.39 is 0 Å². The summed E-state index contributed by atoms with van der Waals surface area (Å²) in [6, 6.07) is 2.12. The molecule has 6 heteroatoms. The fraction of sp³-hybridized carbons (Fsp3) is 0.706. The summed E-state index contributed by atoms with van der Waals surface area (Å²) in [5.41, 5.74) is 1.75. The lowest BCUT2D eigenvalue weighted by Gasteiger charge is -2.30. The molecule has 1 saturated carbocycles. The smallest absolute Gasteiger partial charge is 0.266 e. The summed E-state index contributed by atoms with van der Waals surface area (Å²) in [5, 5.41) is 7.88. The van der Waals surface area contributed by atoms with Crippen molar-refractivity contribution in [1.29, 1.82) is 0 Å². The highest BCUT2D eigenvalue weighted by molar-refractivity contribution is 5.82. The van der Waals surface area contributed by atoms with Crippen LogP contribution in [-0.4, -0.2) is 39.2 Å². The van der Waals surface area contributed by atoms with Gasteiger partial charge in [-0.3, -0.25) is 9.59 Å². The first-order valence-electron chi connectivity index (χ1n) is 8.73. The van der Waals surface area contributed by atoms with Gasteiger partial charge in [-0.05, 0) is 25.2 Å². The molecule has 1 amide bonds. The molecule has 6 nitrogen and oxygen atoms in total. The van der Waals surface area contributed by atoms with Crippen molar-refractivity contribution in [2.45, 2.75) is 57.2 Å². The number of carbonyl (C=O) groups is 1. The van der Waals surface area contributed by atoms with Gasteiger partial charge in [-0.25, -0.2) is 4.68 Å². The number of hydrogen-bond acceptors (Lipinski definition) is 4. The molecule has 3 heterocycles. The van der Waals surface area contributed by atoms with Gasteiger partial charge in [0, 0.05) is 44.2 Å². The number of aromatic nitrogens is 2. The molecule has 0 spiro atoms. The molecular weight excluding hydrogens is 292 g/mol. The van der Waals surface area contributed by atoms with Crippen molar-refractivity contribution in [3.05, 3.63) is 27.7 Å². The van der Waals surface area contributed by atoms with Crippen molar-refractivity contribution < 1.29 is 4.79 Å². The SMILES string of the molecule is Cn1nc2c(cc1=O)CN(C(=O)[C@@H]1C[C@H]3CCCC[C@@H]3N1)CC2. The van der Waals surface area contributed by atoms with E-state index in [9.17, 15) is 9.59 Å². The van der Waals surface area contributed by atoms with E-state index in [1.165, 1.54) is 30.4 Å². The second-order valence-electron chi connectivity index (χ2n) is 7.19. The summed E-state index contributed by atoms with van der Waals surface area (Å²) in [6.07, 6.45) is 6.74. The van der Waals surface area contributed by atoms with E-state index in [1.54, 1.807) is 13.1 Å². The average molecular weight is 316 g/mol. The van der Waals surface area contributed by atoms with E-state index >= 15 is 0 Å². The third kappa shape index (κ3) is 2.69. The van der Waals surface area contributed by atoms with E-state index in [1.807, 2.05) is 4.90 Å². The Bertz CT molecular complexity index is 670. The molecule has 3 aliphatic rings. The van der Waals surface area contributed by atoms with Crippen LogP contribution in [0.15, 0.2) is 10.9 Å². The highest BCUT2D eigenvalue weighted by atomic mass is 16.2. The minimum absolute atomic E-state index is 0.0378. The minimum Gasteiger partial charge on any atom is -0.337 e. The third-order valence-corrected chi connectivity index (χ3v) is 5.71. The Morgan fingerprint density at radius 3 is 3.00 bits per heavy atom. The van der Waals surface area contributed by atoms with Gasteiger partial charge in [-0.2, -0.15) is 5.10 Å². The third-order valence-electron chi connectivity index (χ3n) is 5.71.